The molecule has 3 aromatic rings. The Hall–Kier alpha value is -3.87. The Morgan fingerprint density at radius 2 is 1.84 bits per heavy atom. The number of fused-ring (bicyclic) bond motifs is 1. The Morgan fingerprint density at radius 3 is 2.42 bits per heavy atom. The highest BCUT2D eigenvalue weighted by Crippen LogP contribution is 2.55. The number of hydrogen-bond donors (Lipinski definition) is 2. The van der Waals surface area contributed by atoms with E-state index in [0.717, 1.165) is 18.9 Å². The lowest BCUT2D eigenvalue weighted by molar-refractivity contribution is -0.138. The van der Waals surface area contributed by atoms with Crippen LogP contribution in [0.4, 0.5) is 27.6 Å². The number of carboxylic acid groups (broad SMARTS) is 1. The number of alkyl halides is 5. The maximum atomic E-state index is 14.2. The summed E-state index contributed by atoms with van der Waals surface area (Å²) in [6.07, 6.45) is -1.51. The third kappa shape index (κ3) is 6.27. The van der Waals surface area contributed by atoms with E-state index in [1.54, 1.807) is 41.9 Å². The molecule has 2 aliphatic carbocycles. The van der Waals surface area contributed by atoms with E-state index in [4.69, 9.17) is 9.90 Å². The zero-order chi connectivity index (χ0) is 31.2. The van der Waals surface area contributed by atoms with Gasteiger partial charge in [0.25, 0.3) is 12.4 Å². The van der Waals surface area contributed by atoms with Gasteiger partial charge >= 0.3 is 6.18 Å². The molecule has 2 N–H and O–H groups in total. The van der Waals surface area contributed by atoms with Crippen molar-refractivity contribution >= 4 is 18.1 Å². The molecule has 6 rings (SSSR count). The number of aryl methyl sites for hydroxylation is 1. The predicted molar refractivity (Wildman–Crippen MR) is 147 cm³/mol. The van der Waals surface area contributed by atoms with Crippen LogP contribution in [0, 0.1) is 5.41 Å². The third-order valence-corrected chi connectivity index (χ3v) is 8.66. The summed E-state index contributed by atoms with van der Waals surface area (Å²) in [5, 5.41) is 18.0. The summed E-state index contributed by atoms with van der Waals surface area (Å²) in [5.41, 5.74) is -0.219. The number of halogens is 5. The molecule has 8 nitrogen and oxygen atoms in total. The number of hydrogen-bond acceptors (Lipinski definition) is 5. The van der Waals surface area contributed by atoms with Crippen LogP contribution < -0.4 is 10.2 Å². The van der Waals surface area contributed by atoms with E-state index < -0.39 is 41.8 Å². The highest BCUT2D eigenvalue weighted by molar-refractivity contribution is 6.10. The van der Waals surface area contributed by atoms with Crippen LogP contribution in [0.5, 0.6) is 0 Å². The van der Waals surface area contributed by atoms with Gasteiger partial charge in [0.05, 0.1) is 12.1 Å². The van der Waals surface area contributed by atoms with Crippen molar-refractivity contribution in [1.82, 2.24) is 20.1 Å². The molecule has 1 amide bonds. The van der Waals surface area contributed by atoms with Crippen LogP contribution >= 0.6 is 0 Å². The molecule has 43 heavy (non-hydrogen) atoms. The van der Waals surface area contributed by atoms with Crippen molar-refractivity contribution < 1.29 is 36.6 Å². The summed E-state index contributed by atoms with van der Waals surface area (Å²) < 4.78 is 72.5. The number of aromatic nitrogens is 3. The standard InChI is InChI=1S/C29H30F5N5O.CH2O2/c1-26(6-7-26)16-35-12-18-8-21-22(23(9-18)29(32,33)34)13-39(25(21)40)20-5-3-4-19(10-20)27(14-28(30,31)15-27)11-24-37-36-17-38(24)2;2-1-3/h3-5,8-10,17,35H,6-7,11-16H2,1-2H3;1H,(H,2,3). The van der Waals surface area contributed by atoms with Crippen molar-refractivity contribution in [2.24, 2.45) is 12.5 Å². The molecule has 1 aliphatic heterocycles. The summed E-state index contributed by atoms with van der Waals surface area (Å²) in [7, 11) is 1.74. The Bertz CT molecular complexity index is 1520. The Kier molecular flexibility index (Phi) is 7.82. The first-order chi connectivity index (χ1) is 20.2. The highest BCUT2D eigenvalue weighted by atomic mass is 19.4. The number of anilines is 1. The lowest BCUT2D eigenvalue weighted by atomic mass is 9.60. The predicted octanol–water partition coefficient (Wildman–Crippen LogP) is 5.49. The molecule has 2 saturated carbocycles. The van der Waals surface area contributed by atoms with E-state index in [0.29, 0.717) is 29.2 Å². The zero-order valence-electron chi connectivity index (χ0n) is 23.7. The van der Waals surface area contributed by atoms with Gasteiger partial charge in [0.2, 0.25) is 5.92 Å². The van der Waals surface area contributed by atoms with Gasteiger partial charge in [0, 0.05) is 56.1 Å². The van der Waals surface area contributed by atoms with E-state index >= 15 is 0 Å². The van der Waals surface area contributed by atoms with Crippen molar-refractivity contribution in [2.75, 3.05) is 11.4 Å². The first kappa shape index (κ1) is 30.6. The molecule has 13 heteroatoms. The minimum Gasteiger partial charge on any atom is -0.483 e. The molecule has 0 atom stereocenters. The molecular formula is C30H32F5N5O3. The first-order valence-corrected chi connectivity index (χ1v) is 13.8. The SMILES string of the molecule is Cn1cnnc1CC1(c2cccc(N3Cc4c(cc(CNCC5(C)CC5)cc4C(F)(F)F)C3=O)c2)CC(F)(F)C1.O=CO. The van der Waals surface area contributed by atoms with E-state index in [9.17, 15) is 26.7 Å². The topological polar surface area (TPSA) is 100 Å². The number of carbonyl (C=O) groups excluding carboxylic acids is 1. The largest absolute Gasteiger partial charge is 0.483 e. The quantitative estimate of drug-likeness (QED) is 0.260. The molecule has 0 unspecified atom stereocenters. The maximum Gasteiger partial charge on any atom is 0.416 e. The monoisotopic (exact) mass is 605 g/mol. The first-order valence-electron chi connectivity index (χ1n) is 13.8. The van der Waals surface area contributed by atoms with Gasteiger partial charge in [0.15, 0.2) is 0 Å². The Balaban J connectivity index is 0.00000118. The van der Waals surface area contributed by atoms with Gasteiger partial charge in [-0.3, -0.25) is 9.59 Å². The summed E-state index contributed by atoms with van der Waals surface area (Å²) >= 11 is 0. The van der Waals surface area contributed by atoms with Crippen LogP contribution in [0.3, 0.4) is 0 Å². The number of nitrogens with one attached hydrogen (secondary N) is 1. The third-order valence-electron chi connectivity index (χ3n) is 8.66. The molecule has 2 heterocycles. The fraction of sp³-hybridized carbons (Fsp3) is 0.467. The van der Waals surface area contributed by atoms with Crippen molar-refractivity contribution in [3.63, 3.8) is 0 Å². The van der Waals surface area contributed by atoms with E-state index in [1.165, 1.54) is 11.2 Å². The van der Waals surface area contributed by atoms with Crippen LogP contribution in [-0.2, 0) is 42.9 Å². The molecule has 0 saturated heterocycles. The van der Waals surface area contributed by atoms with Crippen molar-refractivity contribution in [1.29, 1.82) is 0 Å². The van der Waals surface area contributed by atoms with E-state index in [-0.39, 0.29) is 42.5 Å². The fourth-order valence-electron chi connectivity index (χ4n) is 6.07. The Morgan fingerprint density at radius 1 is 1.14 bits per heavy atom. The molecule has 1 aromatic heterocycles. The molecule has 0 radical (unpaired) electrons. The van der Waals surface area contributed by atoms with Crippen LogP contribution in [0.15, 0.2) is 42.7 Å². The second-order valence-corrected chi connectivity index (χ2v) is 12.2. The van der Waals surface area contributed by atoms with Crippen molar-refractivity contribution in [2.45, 2.75) is 69.6 Å². The minimum atomic E-state index is -4.63. The van der Waals surface area contributed by atoms with E-state index in [1.807, 2.05) is 0 Å². The average molecular weight is 606 g/mol. The number of benzene rings is 2. The molecule has 2 aromatic carbocycles. The fourth-order valence-corrected chi connectivity index (χ4v) is 6.07. The number of carbonyl (C=O) groups is 2. The van der Waals surface area contributed by atoms with Crippen molar-refractivity contribution in [3.05, 3.63) is 76.4 Å². The number of amides is 1. The van der Waals surface area contributed by atoms with E-state index in [2.05, 4.69) is 22.4 Å². The molecule has 230 valence electrons. The van der Waals surface area contributed by atoms with Gasteiger partial charge in [-0.1, -0.05) is 19.1 Å². The second-order valence-electron chi connectivity index (χ2n) is 12.2. The summed E-state index contributed by atoms with van der Waals surface area (Å²) in [6.45, 7) is 2.56. The Labute approximate surface area is 244 Å². The second kappa shape index (κ2) is 11.0. The molecule has 2 fully saturated rings. The summed E-state index contributed by atoms with van der Waals surface area (Å²) in [4.78, 5) is 23.2. The lowest BCUT2D eigenvalue weighted by Gasteiger charge is -2.48. The van der Waals surface area contributed by atoms with Crippen LogP contribution in [0.1, 0.15) is 71.0 Å². The van der Waals surface area contributed by atoms with Crippen LogP contribution in [0.2, 0.25) is 0 Å². The number of nitrogens with zero attached hydrogens (tertiary/aromatic N) is 4. The van der Waals surface area contributed by atoms with Gasteiger partial charge < -0.3 is 19.9 Å². The van der Waals surface area contributed by atoms with Gasteiger partial charge in [-0.2, -0.15) is 13.2 Å². The molecule has 0 spiro atoms. The molecule has 0 bridgehead atoms. The summed E-state index contributed by atoms with van der Waals surface area (Å²) in [5.74, 6) is -2.82. The molecular weight excluding hydrogens is 573 g/mol. The van der Waals surface area contributed by atoms with Gasteiger partial charge in [-0.25, -0.2) is 8.78 Å². The minimum absolute atomic E-state index is 0.0265. The smallest absolute Gasteiger partial charge is 0.416 e. The normalized spacial score (nSPS) is 19.2. The van der Waals surface area contributed by atoms with Crippen LogP contribution in [0.25, 0.3) is 0 Å². The summed E-state index contributed by atoms with van der Waals surface area (Å²) in [6, 6.07) is 9.34. The van der Waals surface area contributed by atoms with Crippen LogP contribution in [-0.4, -0.2) is 44.7 Å². The van der Waals surface area contributed by atoms with Gasteiger partial charge in [-0.15, -0.1) is 10.2 Å². The van der Waals surface area contributed by atoms with Gasteiger partial charge in [0.1, 0.15) is 12.2 Å². The maximum absolute atomic E-state index is 14.2. The number of rotatable bonds is 8. The zero-order valence-corrected chi connectivity index (χ0v) is 23.7. The lowest BCUT2D eigenvalue weighted by Crippen LogP contribution is -2.51. The van der Waals surface area contributed by atoms with Gasteiger partial charge in [-0.05, 0) is 59.2 Å². The highest BCUT2D eigenvalue weighted by Gasteiger charge is 2.57. The molecule has 3 aliphatic rings. The average Bonchev–Trinajstić information content (AvgIpc) is 3.37. The van der Waals surface area contributed by atoms with Crippen molar-refractivity contribution in [3.8, 4) is 0 Å².